The van der Waals surface area contributed by atoms with Gasteiger partial charge in [-0.2, -0.15) is 0 Å². The van der Waals surface area contributed by atoms with E-state index in [4.69, 9.17) is 4.98 Å². The van der Waals surface area contributed by atoms with Crippen LogP contribution >= 0.6 is 11.3 Å². The summed E-state index contributed by atoms with van der Waals surface area (Å²) in [7, 11) is 0. The Morgan fingerprint density at radius 2 is 1.90 bits per heavy atom. The van der Waals surface area contributed by atoms with Crippen molar-refractivity contribution in [2.45, 2.75) is 40.7 Å². The highest BCUT2D eigenvalue weighted by Crippen LogP contribution is 2.27. The van der Waals surface area contributed by atoms with Gasteiger partial charge in [0.25, 0.3) is 0 Å². The standard InChI is InChI=1S/C16H30N4S/c1-5-14-15(11-17-6-2)21-16(18-14)20-9-7-19(8-10-20)12-13(3)4/h13,17H,5-12H2,1-4H3. The lowest BCUT2D eigenvalue weighted by atomic mass is 10.2. The molecule has 0 aromatic carbocycles. The normalized spacial score (nSPS) is 16.9. The third kappa shape index (κ3) is 4.66. The van der Waals surface area contributed by atoms with E-state index < -0.39 is 0 Å². The largest absolute Gasteiger partial charge is 0.346 e. The maximum Gasteiger partial charge on any atom is 0.185 e. The molecule has 120 valence electrons. The molecule has 2 heterocycles. The number of piperazine rings is 1. The van der Waals surface area contributed by atoms with Crippen molar-refractivity contribution in [2.75, 3.05) is 44.2 Å². The van der Waals surface area contributed by atoms with Crippen molar-refractivity contribution >= 4 is 16.5 Å². The molecule has 1 aromatic rings. The molecule has 0 spiro atoms. The average molecular weight is 311 g/mol. The second-order valence-electron chi connectivity index (χ2n) is 6.18. The summed E-state index contributed by atoms with van der Waals surface area (Å²) in [6.45, 7) is 16.7. The summed E-state index contributed by atoms with van der Waals surface area (Å²) in [6, 6.07) is 0. The van der Waals surface area contributed by atoms with E-state index in [2.05, 4.69) is 42.8 Å². The Kier molecular flexibility index (Phi) is 6.45. The van der Waals surface area contributed by atoms with Crippen molar-refractivity contribution in [3.05, 3.63) is 10.6 Å². The molecule has 1 aliphatic heterocycles. The van der Waals surface area contributed by atoms with E-state index in [1.54, 1.807) is 0 Å². The predicted octanol–water partition coefficient (Wildman–Crippen LogP) is 2.59. The van der Waals surface area contributed by atoms with Crippen LogP contribution in [0, 0.1) is 5.92 Å². The van der Waals surface area contributed by atoms with Gasteiger partial charge in [0.1, 0.15) is 0 Å². The number of thiazole rings is 1. The van der Waals surface area contributed by atoms with Crippen LogP contribution in [0.5, 0.6) is 0 Å². The quantitative estimate of drug-likeness (QED) is 0.839. The molecule has 2 rings (SSSR count). The smallest absolute Gasteiger partial charge is 0.185 e. The van der Waals surface area contributed by atoms with Gasteiger partial charge in [0.05, 0.1) is 5.69 Å². The highest BCUT2D eigenvalue weighted by Gasteiger charge is 2.21. The first kappa shape index (κ1) is 16.7. The number of nitrogens with zero attached hydrogens (tertiary/aromatic N) is 3. The fraction of sp³-hybridized carbons (Fsp3) is 0.812. The zero-order valence-corrected chi connectivity index (χ0v) is 14.8. The third-order valence-corrected chi connectivity index (χ3v) is 5.06. The van der Waals surface area contributed by atoms with E-state index in [1.165, 1.54) is 35.3 Å². The monoisotopic (exact) mass is 310 g/mol. The number of anilines is 1. The van der Waals surface area contributed by atoms with Crippen LogP contribution in [0.4, 0.5) is 5.13 Å². The topological polar surface area (TPSA) is 31.4 Å². The van der Waals surface area contributed by atoms with Gasteiger partial charge in [-0.05, 0) is 18.9 Å². The van der Waals surface area contributed by atoms with Crippen LogP contribution in [0.25, 0.3) is 0 Å². The predicted molar refractivity (Wildman–Crippen MR) is 92.4 cm³/mol. The van der Waals surface area contributed by atoms with Crippen molar-refractivity contribution in [1.82, 2.24) is 15.2 Å². The fourth-order valence-electron chi connectivity index (χ4n) is 2.80. The van der Waals surface area contributed by atoms with Crippen LogP contribution < -0.4 is 10.2 Å². The van der Waals surface area contributed by atoms with Crippen LogP contribution in [0.15, 0.2) is 0 Å². The molecule has 0 atom stereocenters. The SMILES string of the molecule is CCNCc1sc(N2CCN(CC(C)C)CC2)nc1CC. The van der Waals surface area contributed by atoms with Gasteiger partial charge >= 0.3 is 0 Å². The molecule has 0 unspecified atom stereocenters. The van der Waals surface area contributed by atoms with Gasteiger partial charge < -0.3 is 10.2 Å². The van der Waals surface area contributed by atoms with Crippen LogP contribution in [-0.4, -0.2) is 49.2 Å². The van der Waals surface area contributed by atoms with Gasteiger partial charge in [-0.15, -0.1) is 11.3 Å². The lowest BCUT2D eigenvalue weighted by molar-refractivity contribution is 0.231. The van der Waals surface area contributed by atoms with Gasteiger partial charge in [-0.1, -0.05) is 27.7 Å². The molecule has 1 aromatic heterocycles. The summed E-state index contributed by atoms with van der Waals surface area (Å²) in [5.74, 6) is 0.759. The van der Waals surface area contributed by atoms with E-state index in [9.17, 15) is 0 Å². The zero-order chi connectivity index (χ0) is 15.2. The summed E-state index contributed by atoms with van der Waals surface area (Å²) in [5, 5.41) is 4.65. The molecular formula is C16H30N4S. The minimum atomic E-state index is 0.759. The lowest BCUT2D eigenvalue weighted by Gasteiger charge is -2.35. The lowest BCUT2D eigenvalue weighted by Crippen LogP contribution is -2.47. The highest BCUT2D eigenvalue weighted by molar-refractivity contribution is 7.15. The molecule has 1 saturated heterocycles. The van der Waals surface area contributed by atoms with Crippen molar-refractivity contribution in [1.29, 1.82) is 0 Å². The minimum Gasteiger partial charge on any atom is -0.346 e. The highest BCUT2D eigenvalue weighted by atomic mass is 32.1. The van der Waals surface area contributed by atoms with Crippen molar-refractivity contribution in [2.24, 2.45) is 5.92 Å². The van der Waals surface area contributed by atoms with Crippen LogP contribution in [-0.2, 0) is 13.0 Å². The van der Waals surface area contributed by atoms with Gasteiger partial charge in [-0.3, -0.25) is 4.90 Å². The van der Waals surface area contributed by atoms with Crippen molar-refractivity contribution in [3.63, 3.8) is 0 Å². The van der Waals surface area contributed by atoms with E-state index in [0.29, 0.717) is 0 Å². The van der Waals surface area contributed by atoms with Gasteiger partial charge in [0.15, 0.2) is 5.13 Å². The molecule has 1 N–H and O–H groups in total. The Morgan fingerprint density at radius 1 is 1.19 bits per heavy atom. The van der Waals surface area contributed by atoms with E-state index in [1.807, 2.05) is 11.3 Å². The second kappa shape index (κ2) is 8.11. The fourth-order valence-corrected chi connectivity index (χ4v) is 3.97. The molecule has 1 fully saturated rings. The van der Waals surface area contributed by atoms with Crippen molar-refractivity contribution < 1.29 is 0 Å². The Bertz CT molecular complexity index is 422. The van der Waals surface area contributed by atoms with Gasteiger partial charge in [-0.25, -0.2) is 4.98 Å². The van der Waals surface area contributed by atoms with Crippen LogP contribution in [0.1, 0.15) is 38.3 Å². The van der Waals surface area contributed by atoms with Crippen molar-refractivity contribution in [3.8, 4) is 0 Å². The summed E-state index contributed by atoms with van der Waals surface area (Å²) >= 11 is 1.88. The first-order valence-corrected chi connectivity index (χ1v) is 9.12. The molecule has 0 bridgehead atoms. The molecule has 5 heteroatoms. The number of hydrogen-bond donors (Lipinski definition) is 1. The molecule has 0 radical (unpaired) electrons. The first-order valence-electron chi connectivity index (χ1n) is 8.30. The molecule has 0 saturated carbocycles. The Morgan fingerprint density at radius 3 is 2.48 bits per heavy atom. The number of nitrogens with one attached hydrogen (secondary N) is 1. The van der Waals surface area contributed by atoms with Gasteiger partial charge in [0, 0.05) is 44.1 Å². The number of aromatic nitrogens is 1. The second-order valence-corrected chi connectivity index (χ2v) is 7.24. The van der Waals surface area contributed by atoms with E-state index in [0.717, 1.165) is 38.5 Å². The Balaban J connectivity index is 1.95. The first-order chi connectivity index (χ1) is 10.1. The number of rotatable bonds is 7. The summed E-state index contributed by atoms with van der Waals surface area (Å²) in [4.78, 5) is 11.3. The van der Waals surface area contributed by atoms with Gasteiger partial charge in [0.2, 0.25) is 0 Å². The summed E-state index contributed by atoms with van der Waals surface area (Å²) in [6.07, 6.45) is 1.03. The van der Waals surface area contributed by atoms with Crippen LogP contribution in [0.2, 0.25) is 0 Å². The molecule has 21 heavy (non-hydrogen) atoms. The number of hydrogen-bond acceptors (Lipinski definition) is 5. The minimum absolute atomic E-state index is 0.759. The van der Waals surface area contributed by atoms with Crippen LogP contribution in [0.3, 0.4) is 0 Å². The summed E-state index contributed by atoms with van der Waals surface area (Å²) < 4.78 is 0. The maximum absolute atomic E-state index is 4.88. The zero-order valence-electron chi connectivity index (χ0n) is 14.0. The van der Waals surface area contributed by atoms with E-state index >= 15 is 0 Å². The third-order valence-electron chi connectivity index (χ3n) is 3.90. The molecule has 4 nitrogen and oxygen atoms in total. The molecule has 1 aliphatic rings. The van der Waals surface area contributed by atoms with E-state index in [-0.39, 0.29) is 0 Å². The maximum atomic E-state index is 4.88. The molecule has 0 aliphatic carbocycles. The summed E-state index contributed by atoms with van der Waals surface area (Å²) in [5.41, 5.74) is 1.28. The average Bonchev–Trinajstić information content (AvgIpc) is 2.88. The molecule has 0 amide bonds. The molecular weight excluding hydrogens is 280 g/mol. The Hall–Kier alpha value is -0.650. The number of aryl methyl sites for hydroxylation is 1. The Labute approximate surface area is 133 Å².